The summed E-state index contributed by atoms with van der Waals surface area (Å²) in [5, 5.41) is 13.8. The Balaban J connectivity index is 0.00000205. The quantitative estimate of drug-likeness (QED) is 0.268. The highest BCUT2D eigenvalue weighted by Crippen LogP contribution is 2.53. The number of aromatic nitrogens is 1. The zero-order valence-corrected chi connectivity index (χ0v) is 17.6. The minimum atomic E-state index is 0. The van der Waals surface area contributed by atoms with E-state index >= 15 is 0 Å². The van der Waals surface area contributed by atoms with Crippen LogP contribution in [0.1, 0.15) is 0 Å². The van der Waals surface area contributed by atoms with E-state index in [0.29, 0.717) is 34.1 Å². The fraction of sp³-hybridized carbons (Fsp3) is 0.190. The van der Waals surface area contributed by atoms with E-state index in [9.17, 15) is 5.11 Å². The summed E-state index contributed by atoms with van der Waals surface area (Å²) in [6.45, 7) is 0.129. The summed E-state index contributed by atoms with van der Waals surface area (Å²) < 4.78 is 29.8. The summed E-state index contributed by atoms with van der Waals surface area (Å²) >= 11 is 0. The summed E-state index contributed by atoms with van der Waals surface area (Å²) in [5.41, 5.74) is 0.878. The molecule has 0 atom stereocenters. The van der Waals surface area contributed by atoms with Gasteiger partial charge in [-0.2, -0.15) is 4.40 Å². The number of ether oxygens (including phenoxy) is 5. The van der Waals surface area contributed by atoms with Crippen molar-refractivity contribution in [1.29, 1.82) is 0 Å². The van der Waals surface area contributed by atoms with E-state index in [1.807, 2.05) is 35.0 Å². The van der Waals surface area contributed by atoms with Crippen LogP contribution in [-0.4, -0.2) is 33.2 Å². The molecule has 29 heavy (non-hydrogen) atoms. The number of hydrogen-bond donors (Lipinski definition) is 1. The van der Waals surface area contributed by atoms with E-state index in [-0.39, 0.29) is 29.5 Å². The Labute approximate surface area is 176 Å². The fourth-order valence-corrected chi connectivity index (χ4v) is 3.83. The van der Waals surface area contributed by atoms with Crippen LogP contribution in [0, 0.1) is 0 Å². The number of phenols is 1. The number of halogens is 1. The van der Waals surface area contributed by atoms with Crippen LogP contribution in [0.2, 0.25) is 0 Å². The van der Waals surface area contributed by atoms with Gasteiger partial charge >= 0.3 is 0 Å². The SMILES string of the molecule is COc1ccc2cc3c4c(OC)c(OC)c5c(c4cc[n+]3cc2c1O)OCO5.[Br-]. The molecule has 0 saturated carbocycles. The number of aromatic hydroxyl groups is 1. The number of pyridine rings is 2. The molecule has 2 aromatic carbocycles. The first-order valence-corrected chi connectivity index (χ1v) is 8.69. The Morgan fingerprint density at radius 2 is 1.69 bits per heavy atom. The normalized spacial score (nSPS) is 12.2. The topological polar surface area (TPSA) is 70.5 Å². The number of nitrogens with zero attached hydrogens (tertiary/aromatic N) is 1. The van der Waals surface area contributed by atoms with E-state index < -0.39 is 0 Å². The maximum Gasteiger partial charge on any atom is 0.231 e. The van der Waals surface area contributed by atoms with Gasteiger partial charge < -0.3 is 45.8 Å². The zero-order chi connectivity index (χ0) is 19.4. The van der Waals surface area contributed by atoms with Crippen LogP contribution in [-0.2, 0) is 0 Å². The molecule has 0 fully saturated rings. The predicted octanol–water partition coefficient (Wildman–Crippen LogP) is 0.196. The lowest BCUT2D eigenvalue weighted by atomic mass is 10.0. The fourth-order valence-electron chi connectivity index (χ4n) is 3.83. The van der Waals surface area contributed by atoms with Crippen LogP contribution in [0.25, 0.3) is 27.1 Å². The molecule has 1 aliphatic rings. The second kappa shape index (κ2) is 7.04. The number of benzene rings is 2. The van der Waals surface area contributed by atoms with Crippen molar-refractivity contribution in [2.45, 2.75) is 0 Å². The van der Waals surface area contributed by atoms with Gasteiger partial charge in [0.05, 0.1) is 26.7 Å². The number of methoxy groups -OCH3 is 3. The molecule has 150 valence electrons. The van der Waals surface area contributed by atoms with Gasteiger partial charge in [-0.15, -0.1) is 0 Å². The minimum absolute atomic E-state index is 0. The summed E-state index contributed by atoms with van der Waals surface area (Å²) in [5.74, 6) is 2.76. The molecule has 0 bridgehead atoms. The van der Waals surface area contributed by atoms with Crippen LogP contribution < -0.4 is 45.1 Å². The Kier molecular flexibility index (Phi) is 4.66. The largest absolute Gasteiger partial charge is 1.00 e. The third kappa shape index (κ3) is 2.59. The predicted molar refractivity (Wildman–Crippen MR) is 102 cm³/mol. The van der Waals surface area contributed by atoms with Crippen molar-refractivity contribution in [1.82, 2.24) is 0 Å². The molecular weight excluding hydrogens is 442 g/mol. The molecule has 8 heteroatoms. The van der Waals surface area contributed by atoms with Crippen LogP contribution in [0.15, 0.2) is 36.7 Å². The molecule has 0 aliphatic carbocycles. The first kappa shape index (κ1) is 19.2. The molecule has 2 aromatic heterocycles. The lowest BCUT2D eigenvalue weighted by molar-refractivity contribution is -0.509. The number of rotatable bonds is 3. The highest BCUT2D eigenvalue weighted by molar-refractivity contribution is 6.07. The van der Waals surface area contributed by atoms with Crippen molar-refractivity contribution in [3.05, 3.63) is 36.7 Å². The standard InChI is InChI=1S/C21H17NO6.BrH/c1-24-15-5-4-11-8-14-16-12(6-7-22(14)9-13(11)17(15)23)18-21(28-10-27-18)20(26-3)19(16)25-2;/h4-9H,10H2,1-3H3;1H. The average Bonchev–Trinajstić information content (AvgIpc) is 3.21. The number of phenolic OH excluding ortho intramolecular Hbond substituents is 1. The lowest BCUT2D eigenvalue weighted by Gasteiger charge is -2.14. The van der Waals surface area contributed by atoms with Crippen LogP contribution in [0.5, 0.6) is 34.5 Å². The van der Waals surface area contributed by atoms with Gasteiger partial charge in [0.15, 0.2) is 35.4 Å². The van der Waals surface area contributed by atoms with Gasteiger partial charge in [-0.1, -0.05) is 0 Å². The van der Waals surface area contributed by atoms with Crippen molar-refractivity contribution in [3.8, 4) is 34.5 Å². The second-order valence-corrected chi connectivity index (χ2v) is 6.42. The number of fused-ring (bicyclic) bond motifs is 6. The molecule has 3 heterocycles. The van der Waals surface area contributed by atoms with E-state index in [1.165, 1.54) is 7.11 Å². The van der Waals surface area contributed by atoms with Crippen molar-refractivity contribution in [2.75, 3.05) is 28.1 Å². The van der Waals surface area contributed by atoms with Crippen molar-refractivity contribution in [3.63, 3.8) is 0 Å². The second-order valence-electron chi connectivity index (χ2n) is 6.42. The van der Waals surface area contributed by atoms with Crippen LogP contribution >= 0.6 is 0 Å². The van der Waals surface area contributed by atoms with E-state index in [2.05, 4.69) is 0 Å². The van der Waals surface area contributed by atoms with Crippen molar-refractivity contribution in [2.24, 2.45) is 0 Å². The van der Waals surface area contributed by atoms with E-state index in [1.54, 1.807) is 20.3 Å². The van der Waals surface area contributed by atoms with Gasteiger partial charge in [-0.05, 0) is 17.5 Å². The molecular formula is C21H18BrNO6. The monoisotopic (exact) mass is 459 g/mol. The summed E-state index contributed by atoms with van der Waals surface area (Å²) in [6, 6.07) is 7.57. The highest BCUT2D eigenvalue weighted by atomic mass is 79.9. The lowest BCUT2D eigenvalue weighted by Crippen LogP contribution is -3.00. The third-order valence-electron chi connectivity index (χ3n) is 5.10. The molecule has 5 rings (SSSR count). The van der Waals surface area contributed by atoms with Gasteiger partial charge in [0, 0.05) is 17.5 Å². The molecule has 0 saturated heterocycles. The summed E-state index contributed by atoms with van der Waals surface area (Å²) in [4.78, 5) is 0. The van der Waals surface area contributed by atoms with Gasteiger partial charge in [0.2, 0.25) is 23.8 Å². The smallest absolute Gasteiger partial charge is 0.231 e. The Bertz CT molecular complexity index is 1270. The van der Waals surface area contributed by atoms with Crippen LogP contribution in [0.4, 0.5) is 0 Å². The Morgan fingerprint density at radius 1 is 0.931 bits per heavy atom. The van der Waals surface area contributed by atoms with E-state index in [0.717, 1.165) is 21.7 Å². The average molecular weight is 460 g/mol. The molecule has 0 radical (unpaired) electrons. The third-order valence-corrected chi connectivity index (χ3v) is 5.10. The zero-order valence-electron chi connectivity index (χ0n) is 16.0. The Morgan fingerprint density at radius 3 is 2.41 bits per heavy atom. The van der Waals surface area contributed by atoms with Gasteiger partial charge in [-0.25, -0.2) is 0 Å². The molecule has 4 aromatic rings. The van der Waals surface area contributed by atoms with Gasteiger partial charge in [0.25, 0.3) is 0 Å². The summed E-state index contributed by atoms with van der Waals surface area (Å²) in [7, 11) is 4.70. The first-order valence-electron chi connectivity index (χ1n) is 8.69. The molecule has 7 nitrogen and oxygen atoms in total. The maximum absolute atomic E-state index is 10.5. The first-order chi connectivity index (χ1) is 13.7. The van der Waals surface area contributed by atoms with E-state index in [4.69, 9.17) is 23.7 Å². The molecule has 0 unspecified atom stereocenters. The Hall–Kier alpha value is -3.13. The van der Waals surface area contributed by atoms with Gasteiger partial charge in [0.1, 0.15) is 5.39 Å². The summed E-state index contributed by atoms with van der Waals surface area (Å²) in [6.07, 6.45) is 3.77. The molecule has 1 aliphatic heterocycles. The minimum Gasteiger partial charge on any atom is -1.00 e. The maximum atomic E-state index is 10.5. The van der Waals surface area contributed by atoms with Crippen molar-refractivity contribution >= 4 is 27.1 Å². The number of hydrogen-bond acceptors (Lipinski definition) is 6. The molecule has 1 N–H and O–H groups in total. The van der Waals surface area contributed by atoms with Crippen LogP contribution in [0.3, 0.4) is 0 Å². The van der Waals surface area contributed by atoms with Crippen molar-refractivity contribution < 1.29 is 50.2 Å². The molecule has 0 spiro atoms. The van der Waals surface area contributed by atoms with Gasteiger partial charge in [-0.3, -0.25) is 0 Å². The molecule has 0 amide bonds. The highest BCUT2D eigenvalue weighted by Gasteiger charge is 2.30.